The van der Waals surface area contributed by atoms with E-state index in [9.17, 15) is 4.79 Å². The lowest BCUT2D eigenvalue weighted by Gasteiger charge is -2.37. The van der Waals surface area contributed by atoms with Crippen LogP contribution in [0.3, 0.4) is 0 Å². The predicted molar refractivity (Wildman–Crippen MR) is 57.0 cm³/mol. The average Bonchev–Trinajstić information content (AvgIpc) is 2.02. The van der Waals surface area contributed by atoms with Crippen molar-refractivity contribution >= 4 is 5.91 Å². The number of nitrogens with zero attached hydrogens (tertiary/aromatic N) is 2. The number of rotatable bonds is 2. The molecular weight excluding hydrogens is 178 g/mol. The summed E-state index contributed by atoms with van der Waals surface area (Å²) in [5.74, 6) is 0.213. The Labute approximate surface area is 86.0 Å². The average molecular weight is 199 g/mol. The van der Waals surface area contributed by atoms with Crippen LogP contribution in [0, 0.1) is 0 Å². The molecule has 0 spiro atoms. The first kappa shape index (κ1) is 11.5. The van der Waals surface area contributed by atoms with E-state index in [0.717, 1.165) is 25.9 Å². The normalized spacial score (nSPS) is 21.4. The molecule has 1 rings (SSSR count). The van der Waals surface area contributed by atoms with Crippen molar-refractivity contribution in [3.05, 3.63) is 0 Å². The zero-order valence-corrected chi connectivity index (χ0v) is 9.42. The van der Waals surface area contributed by atoms with Crippen LogP contribution in [0.15, 0.2) is 0 Å². The van der Waals surface area contributed by atoms with Crippen LogP contribution in [0.25, 0.3) is 0 Å². The Kier molecular flexibility index (Phi) is 3.50. The lowest BCUT2D eigenvalue weighted by atomic mass is 9.91. The Morgan fingerprint density at radius 3 is 2.36 bits per heavy atom. The molecule has 0 aromatic rings. The number of amides is 1. The molecule has 0 radical (unpaired) electrons. The first-order valence-electron chi connectivity index (χ1n) is 5.12. The third-order valence-corrected chi connectivity index (χ3v) is 2.71. The van der Waals surface area contributed by atoms with Gasteiger partial charge in [-0.05, 0) is 33.9 Å². The summed E-state index contributed by atoms with van der Waals surface area (Å²) in [4.78, 5) is 15.5. The van der Waals surface area contributed by atoms with E-state index >= 15 is 0 Å². The van der Waals surface area contributed by atoms with Gasteiger partial charge in [-0.2, -0.15) is 0 Å². The van der Waals surface area contributed by atoms with Gasteiger partial charge in [0.2, 0.25) is 5.91 Å². The van der Waals surface area contributed by atoms with E-state index in [-0.39, 0.29) is 11.4 Å². The summed E-state index contributed by atoms with van der Waals surface area (Å²) < 4.78 is 0. The van der Waals surface area contributed by atoms with Gasteiger partial charge in [0.25, 0.3) is 0 Å². The van der Waals surface area contributed by atoms with Crippen molar-refractivity contribution in [3.8, 4) is 0 Å². The van der Waals surface area contributed by atoms with E-state index in [0.29, 0.717) is 6.54 Å². The number of likely N-dealkylation sites (tertiary alicyclic amines) is 1. The fraction of sp³-hybridized carbons (Fsp3) is 0.900. The lowest BCUT2D eigenvalue weighted by Crippen LogP contribution is -2.51. The second kappa shape index (κ2) is 4.28. The molecule has 0 bridgehead atoms. The van der Waals surface area contributed by atoms with Gasteiger partial charge < -0.3 is 15.5 Å². The van der Waals surface area contributed by atoms with Gasteiger partial charge in [-0.15, -0.1) is 0 Å². The number of likely N-dealkylation sites (N-methyl/N-ethyl adjacent to an activating group) is 1. The predicted octanol–water partition coefficient (Wildman–Crippen LogP) is -0.112. The van der Waals surface area contributed by atoms with Gasteiger partial charge in [-0.3, -0.25) is 4.79 Å². The highest BCUT2D eigenvalue weighted by Crippen LogP contribution is 2.18. The van der Waals surface area contributed by atoms with Crippen molar-refractivity contribution in [2.45, 2.75) is 25.3 Å². The SMILES string of the molecule is CN(C)CC(=O)N1CCC(C)(N)CC1. The molecule has 0 atom stereocenters. The first-order chi connectivity index (χ1) is 6.41. The topological polar surface area (TPSA) is 49.6 Å². The van der Waals surface area contributed by atoms with E-state index in [1.807, 2.05) is 23.9 Å². The Balaban J connectivity index is 2.38. The molecule has 1 aliphatic rings. The largest absolute Gasteiger partial charge is 0.341 e. The fourth-order valence-electron chi connectivity index (χ4n) is 1.64. The van der Waals surface area contributed by atoms with Crippen LogP contribution in [0.4, 0.5) is 0 Å². The van der Waals surface area contributed by atoms with E-state index in [1.54, 1.807) is 0 Å². The highest BCUT2D eigenvalue weighted by Gasteiger charge is 2.28. The third kappa shape index (κ3) is 3.27. The number of nitrogens with two attached hydrogens (primary N) is 1. The highest BCUT2D eigenvalue weighted by atomic mass is 16.2. The van der Waals surface area contributed by atoms with E-state index in [2.05, 4.69) is 6.92 Å². The Bertz CT molecular complexity index is 203. The second-order valence-electron chi connectivity index (χ2n) is 4.77. The maximum Gasteiger partial charge on any atom is 0.236 e. The van der Waals surface area contributed by atoms with Crippen molar-refractivity contribution in [1.29, 1.82) is 0 Å². The highest BCUT2D eigenvalue weighted by molar-refractivity contribution is 5.78. The Morgan fingerprint density at radius 1 is 1.43 bits per heavy atom. The maximum atomic E-state index is 11.7. The fourth-order valence-corrected chi connectivity index (χ4v) is 1.64. The quantitative estimate of drug-likeness (QED) is 0.675. The lowest BCUT2D eigenvalue weighted by molar-refractivity contribution is -0.133. The summed E-state index contributed by atoms with van der Waals surface area (Å²) in [6.07, 6.45) is 1.82. The summed E-state index contributed by atoms with van der Waals surface area (Å²) >= 11 is 0. The van der Waals surface area contributed by atoms with Crippen LogP contribution in [0.2, 0.25) is 0 Å². The minimum absolute atomic E-state index is 0.0745. The number of hydrogen-bond donors (Lipinski definition) is 1. The van der Waals surface area contributed by atoms with Gasteiger partial charge in [0, 0.05) is 18.6 Å². The standard InChI is InChI=1S/C10H21N3O/c1-10(11)4-6-13(7-5-10)9(14)8-12(2)3/h4-8,11H2,1-3H3. The van der Waals surface area contributed by atoms with Gasteiger partial charge in [-0.25, -0.2) is 0 Å². The van der Waals surface area contributed by atoms with Gasteiger partial charge in [0.15, 0.2) is 0 Å². The van der Waals surface area contributed by atoms with Crippen LogP contribution >= 0.6 is 0 Å². The number of piperidine rings is 1. The van der Waals surface area contributed by atoms with Crippen molar-refractivity contribution < 1.29 is 4.79 Å². The van der Waals surface area contributed by atoms with Crippen LogP contribution in [-0.2, 0) is 4.79 Å². The van der Waals surface area contributed by atoms with E-state index in [4.69, 9.17) is 5.73 Å². The zero-order chi connectivity index (χ0) is 10.8. The summed E-state index contributed by atoms with van der Waals surface area (Å²) in [6, 6.07) is 0. The second-order valence-corrected chi connectivity index (χ2v) is 4.77. The molecule has 2 N–H and O–H groups in total. The van der Waals surface area contributed by atoms with Crippen molar-refractivity contribution in [2.75, 3.05) is 33.7 Å². The molecule has 0 saturated carbocycles. The molecule has 1 amide bonds. The molecule has 0 aliphatic carbocycles. The summed E-state index contributed by atoms with van der Waals surface area (Å²) in [5, 5.41) is 0. The minimum Gasteiger partial charge on any atom is -0.341 e. The third-order valence-electron chi connectivity index (χ3n) is 2.71. The van der Waals surface area contributed by atoms with Crippen LogP contribution in [0.1, 0.15) is 19.8 Å². The molecular formula is C10H21N3O. The summed E-state index contributed by atoms with van der Waals surface area (Å²) in [6.45, 7) is 4.17. The van der Waals surface area contributed by atoms with Crippen LogP contribution in [-0.4, -0.2) is 55.0 Å². The van der Waals surface area contributed by atoms with Crippen LogP contribution < -0.4 is 5.73 Å². The maximum absolute atomic E-state index is 11.7. The number of carbonyl (C=O) groups is 1. The molecule has 0 unspecified atom stereocenters. The molecule has 14 heavy (non-hydrogen) atoms. The molecule has 4 nitrogen and oxygen atoms in total. The molecule has 0 aromatic heterocycles. The van der Waals surface area contributed by atoms with Crippen molar-refractivity contribution in [1.82, 2.24) is 9.80 Å². The van der Waals surface area contributed by atoms with Gasteiger partial charge in [0.1, 0.15) is 0 Å². The summed E-state index contributed by atoms with van der Waals surface area (Å²) in [5.41, 5.74) is 5.92. The monoisotopic (exact) mass is 199 g/mol. The first-order valence-corrected chi connectivity index (χ1v) is 5.12. The number of carbonyl (C=O) groups excluding carboxylic acids is 1. The summed E-state index contributed by atoms with van der Waals surface area (Å²) in [7, 11) is 3.82. The Morgan fingerprint density at radius 2 is 1.93 bits per heavy atom. The van der Waals surface area contributed by atoms with Crippen molar-refractivity contribution in [2.24, 2.45) is 5.73 Å². The van der Waals surface area contributed by atoms with E-state index in [1.165, 1.54) is 0 Å². The van der Waals surface area contributed by atoms with E-state index < -0.39 is 0 Å². The minimum atomic E-state index is -0.0745. The van der Waals surface area contributed by atoms with Gasteiger partial charge in [0.05, 0.1) is 6.54 Å². The molecule has 4 heteroatoms. The zero-order valence-electron chi connectivity index (χ0n) is 9.42. The van der Waals surface area contributed by atoms with Crippen molar-refractivity contribution in [3.63, 3.8) is 0 Å². The van der Waals surface area contributed by atoms with Gasteiger partial charge >= 0.3 is 0 Å². The molecule has 1 fully saturated rings. The molecule has 82 valence electrons. The van der Waals surface area contributed by atoms with Crippen LogP contribution in [0.5, 0.6) is 0 Å². The Hall–Kier alpha value is -0.610. The molecule has 0 aromatic carbocycles. The number of hydrogen-bond acceptors (Lipinski definition) is 3. The smallest absolute Gasteiger partial charge is 0.236 e. The molecule has 1 heterocycles. The molecule has 1 saturated heterocycles. The molecule has 1 aliphatic heterocycles. The van der Waals surface area contributed by atoms with Gasteiger partial charge in [-0.1, -0.05) is 0 Å².